The summed E-state index contributed by atoms with van der Waals surface area (Å²) in [6.07, 6.45) is 3.49. The van der Waals surface area contributed by atoms with Gasteiger partial charge in [-0.1, -0.05) is 0 Å². The van der Waals surface area contributed by atoms with Crippen molar-refractivity contribution >= 4 is 15.9 Å². The number of aromatic nitrogens is 1. The highest BCUT2D eigenvalue weighted by molar-refractivity contribution is 9.10. The van der Waals surface area contributed by atoms with E-state index in [1.54, 1.807) is 12.5 Å². The summed E-state index contributed by atoms with van der Waals surface area (Å²) in [5.74, 6) is 0.934. The first-order valence-corrected chi connectivity index (χ1v) is 5.92. The Morgan fingerprint density at radius 1 is 1.44 bits per heavy atom. The second kappa shape index (κ2) is 5.27. The van der Waals surface area contributed by atoms with E-state index >= 15 is 0 Å². The Balaban J connectivity index is 1.93. The Morgan fingerprint density at radius 2 is 2.31 bits per heavy atom. The van der Waals surface area contributed by atoms with E-state index in [9.17, 15) is 0 Å². The molecule has 2 aromatic rings. The van der Waals surface area contributed by atoms with Gasteiger partial charge in [-0.3, -0.25) is 4.98 Å². The van der Waals surface area contributed by atoms with Crippen molar-refractivity contribution in [3.05, 3.63) is 52.7 Å². The maximum Gasteiger partial charge on any atom is 0.117 e. The molecule has 3 nitrogen and oxygen atoms in total. The topological polar surface area (TPSA) is 38.1 Å². The lowest BCUT2D eigenvalue weighted by molar-refractivity contribution is 0.457. The highest BCUT2D eigenvalue weighted by Gasteiger charge is 2.06. The van der Waals surface area contributed by atoms with Crippen LogP contribution in [0.3, 0.4) is 0 Å². The van der Waals surface area contributed by atoms with E-state index in [4.69, 9.17) is 4.42 Å². The van der Waals surface area contributed by atoms with E-state index in [0.29, 0.717) is 6.54 Å². The molecule has 1 atom stereocenters. The van der Waals surface area contributed by atoms with Gasteiger partial charge in [-0.2, -0.15) is 0 Å². The van der Waals surface area contributed by atoms with Crippen LogP contribution in [0.15, 0.2) is 45.6 Å². The fraction of sp³-hybridized carbons (Fsp3) is 0.250. The summed E-state index contributed by atoms with van der Waals surface area (Å²) in [5, 5.41) is 3.35. The largest absolute Gasteiger partial charge is 0.468 e. The quantitative estimate of drug-likeness (QED) is 0.934. The molecule has 2 rings (SSSR count). The van der Waals surface area contributed by atoms with E-state index in [1.165, 1.54) is 0 Å². The Morgan fingerprint density at radius 3 is 2.94 bits per heavy atom. The average molecular weight is 281 g/mol. The minimum absolute atomic E-state index is 0.207. The van der Waals surface area contributed by atoms with Crippen LogP contribution in [-0.2, 0) is 6.54 Å². The third-order valence-electron chi connectivity index (χ3n) is 2.36. The monoisotopic (exact) mass is 280 g/mol. The van der Waals surface area contributed by atoms with Crippen molar-refractivity contribution in [3.8, 4) is 0 Å². The van der Waals surface area contributed by atoms with Crippen LogP contribution in [0.5, 0.6) is 0 Å². The SMILES string of the molecule is CC(NCc1ccco1)c1ccc(Br)cn1. The van der Waals surface area contributed by atoms with Gasteiger partial charge in [0.15, 0.2) is 0 Å². The van der Waals surface area contributed by atoms with Gasteiger partial charge < -0.3 is 9.73 Å². The van der Waals surface area contributed by atoms with Gasteiger partial charge in [-0.05, 0) is 47.1 Å². The molecule has 16 heavy (non-hydrogen) atoms. The first-order valence-electron chi connectivity index (χ1n) is 5.13. The third kappa shape index (κ3) is 2.93. The van der Waals surface area contributed by atoms with Gasteiger partial charge in [0, 0.05) is 16.7 Å². The van der Waals surface area contributed by atoms with Crippen LogP contribution < -0.4 is 5.32 Å². The number of pyridine rings is 1. The lowest BCUT2D eigenvalue weighted by atomic mass is 10.2. The Bertz CT molecular complexity index is 425. The Labute approximate surface area is 103 Å². The molecule has 0 aliphatic carbocycles. The van der Waals surface area contributed by atoms with Gasteiger partial charge in [0.25, 0.3) is 0 Å². The van der Waals surface area contributed by atoms with E-state index in [0.717, 1.165) is 15.9 Å². The Kier molecular flexibility index (Phi) is 3.74. The predicted octanol–water partition coefficient (Wildman–Crippen LogP) is 3.29. The molecule has 0 spiro atoms. The molecule has 0 radical (unpaired) electrons. The molecule has 0 saturated heterocycles. The van der Waals surface area contributed by atoms with Gasteiger partial charge in [-0.15, -0.1) is 0 Å². The van der Waals surface area contributed by atoms with Crippen molar-refractivity contribution < 1.29 is 4.42 Å². The minimum atomic E-state index is 0.207. The van der Waals surface area contributed by atoms with E-state index in [1.807, 2.05) is 24.3 Å². The maximum atomic E-state index is 5.25. The summed E-state index contributed by atoms with van der Waals surface area (Å²) in [7, 11) is 0. The number of nitrogens with one attached hydrogen (secondary N) is 1. The molecule has 0 amide bonds. The summed E-state index contributed by atoms with van der Waals surface area (Å²) in [6, 6.07) is 8.05. The second-order valence-electron chi connectivity index (χ2n) is 3.58. The molecule has 2 aromatic heterocycles. The molecule has 0 aliphatic rings. The number of hydrogen-bond acceptors (Lipinski definition) is 3. The highest BCUT2D eigenvalue weighted by atomic mass is 79.9. The standard InChI is InChI=1S/C12H13BrN2O/c1-9(12-5-4-10(13)7-15-12)14-8-11-3-2-6-16-11/h2-7,9,14H,8H2,1H3. The van der Waals surface area contributed by atoms with Crippen molar-refractivity contribution in [1.82, 2.24) is 10.3 Å². The Hall–Kier alpha value is -1.13. The first kappa shape index (κ1) is 11.4. The number of rotatable bonds is 4. The lowest BCUT2D eigenvalue weighted by Gasteiger charge is -2.12. The van der Waals surface area contributed by atoms with Crippen LogP contribution in [-0.4, -0.2) is 4.98 Å². The maximum absolute atomic E-state index is 5.25. The molecule has 0 saturated carbocycles. The van der Waals surface area contributed by atoms with Crippen LogP contribution >= 0.6 is 15.9 Å². The summed E-state index contributed by atoms with van der Waals surface area (Å²) in [6.45, 7) is 2.80. The molecule has 0 fully saturated rings. The number of hydrogen-bond donors (Lipinski definition) is 1. The molecular weight excluding hydrogens is 268 g/mol. The summed E-state index contributed by atoms with van der Waals surface area (Å²) in [4.78, 5) is 4.34. The highest BCUT2D eigenvalue weighted by Crippen LogP contribution is 2.13. The van der Waals surface area contributed by atoms with Crippen LogP contribution in [0.4, 0.5) is 0 Å². The fourth-order valence-electron chi connectivity index (χ4n) is 1.41. The number of nitrogens with zero attached hydrogens (tertiary/aromatic N) is 1. The van der Waals surface area contributed by atoms with Gasteiger partial charge in [0.2, 0.25) is 0 Å². The number of furan rings is 1. The second-order valence-corrected chi connectivity index (χ2v) is 4.50. The van der Waals surface area contributed by atoms with Crippen LogP contribution in [0.2, 0.25) is 0 Å². The molecule has 4 heteroatoms. The van der Waals surface area contributed by atoms with Gasteiger partial charge in [0.05, 0.1) is 18.5 Å². The summed E-state index contributed by atoms with van der Waals surface area (Å²) in [5.41, 5.74) is 1.02. The average Bonchev–Trinajstić information content (AvgIpc) is 2.80. The van der Waals surface area contributed by atoms with Crippen LogP contribution in [0.1, 0.15) is 24.4 Å². The van der Waals surface area contributed by atoms with Crippen molar-refractivity contribution in [2.24, 2.45) is 0 Å². The van der Waals surface area contributed by atoms with E-state index in [-0.39, 0.29) is 6.04 Å². The van der Waals surface area contributed by atoms with Gasteiger partial charge in [0.1, 0.15) is 5.76 Å². The lowest BCUT2D eigenvalue weighted by Crippen LogP contribution is -2.18. The van der Waals surface area contributed by atoms with Crippen molar-refractivity contribution in [2.45, 2.75) is 19.5 Å². The normalized spacial score (nSPS) is 12.6. The molecule has 0 aliphatic heterocycles. The van der Waals surface area contributed by atoms with Gasteiger partial charge in [-0.25, -0.2) is 0 Å². The van der Waals surface area contributed by atoms with Crippen molar-refractivity contribution in [2.75, 3.05) is 0 Å². The van der Waals surface area contributed by atoms with Crippen LogP contribution in [0.25, 0.3) is 0 Å². The molecule has 84 valence electrons. The zero-order valence-corrected chi connectivity index (χ0v) is 10.6. The molecule has 2 heterocycles. The van der Waals surface area contributed by atoms with E-state index in [2.05, 4.69) is 33.2 Å². The van der Waals surface area contributed by atoms with Gasteiger partial charge >= 0.3 is 0 Å². The third-order valence-corrected chi connectivity index (χ3v) is 2.83. The minimum Gasteiger partial charge on any atom is -0.468 e. The molecular formula is C12H13BrN2O. The summed E-state index contributed by atoms with van der Waals surface area (Å²) >= 11 is 3.37. The van der Waals surface area contributed by atoms with Crippen molar-refractivity contribution in [3.63, 3.8) is 0 Å². The van der Waals surface area contributed by atoms with Crippen molar-refractivity contribution in [1.29, 1.82) is 0 Å². The zero-order chi connectivity index (χ0) is 11.4. The first-order chi connectivity index (χ1) is 7.75. The zero-order valence-electron chi connectivity index (χ0n) is 8.98. The molecule has 1 N–H and O–H groups in total. The molecule has 1 unspecified atom stereocenters. The van der Waals surface area contributed by atoms with E-state index < -0.39 is 0 Å². The summed E-state index contributed by atoms with van der Waals surface area (Å²) < 4.78 is 6.24. The molecule has 0 bridgehead atoms. The smallest absolute Gasteiger partial charge is 0.117 e. The molecule has 0 aromatic carbocycles. The predicted molar refractivity (Wildman–Crippen MR) is 65.9 cm³/mol. The fourth-order valence-corrected chi connectivity index (χ4v) is 1.65. The number of halogens is 1. The van der Waals surface area contributed by atoms with Crippen LogP contribution in [0, 0.1) is 0 Å².